The summed E-state index contributed by atoms with van der Waals surface area (Å²) < 4.78 is 28.5. The Kier molecular flexibility index (Phi) is 8.55. The molecule has 0 saturated carbocycles. The molecule has 0 atom stereocenters. The quantitative estimate of drug-likeness (QED) is 0.690. The van der Waals surface area contributed by atoms with Crippen LogP contribution < -0.4 is 4.90 Å². The van der Waals surface area contributed by atoms with E-state index < -0.39 is 11.6 Å². The number of amides is 2. The Morgan fingerprint density at radius 3 is 2.30 bits per heavy atom. The molecule has 0 fully saturated rings. The molecule has 1 aliphatic rings. The number of fused-ring (bicyclic) bond motifs is 1. The zero-order valence-electron chi connectivity index (χ0n) is 19.7. The number of halogens is 2. The molecule has 2 aromatic rings. The minimum absolute atomic E-state index is 0.0759. The number of hydrogen-bond donors (Lipinski definition) is 0. The van der Waals surface area contributed by atoms with E-state index >= 15 is 0 Å². The fraction of sp³-hybridized carbons (Fsp3) is 0.462. The van der Waals surface area contributed by atoms with E-state index in [0.717, 1.165) is 49.2 Å². The van der Waals surface area contributed by atoms with Crippen LogP contribution in [-0.4, -0.2) is 54.8 Å². The Labute approximate surface area is 195 Å². The number of rotatable bonds is 3. The Bertz CT molecular complexity index is 995. The van der Waals surface area contributed by atoms with E-state index in [1.54, 1.807) is 11.8 Å². The maximum atomic E-state index is 14.3. The summed E-state index contributed by atoms with van der Waals surface area (Å²) in [5.41, 5.74) is 2.77. The maximum Gasteiger partial charge on any atom is 0.227 e. The second-order valence-electron chi connectivity index (χ2n) is 8.72. The molecular weight excluding hydrogens is 424 g/mol. The van der Waals surface area contributed by atoms with Gasteiger partial charge < -0.3 is 14.7 Å². The van der Waals surface area contributed by atoms with Crippen molar-refractivity contribution in [2.45, 2.75) is 46.1 Å². The number of nitrogens with zero attached hydrogens (tertiary/aromatic N) is 3. The molecule has 0 bridgehead atoms. The lowest BCUT2D eigenvalue weighted by Crippen LogP contribution is -2.38. The highest BCUT2D eigenvalue weighted by Gasteiger charge is 2.24. The SMILES string of the molecule is CCC(=O)N1CCCN(C)CCCN(C(=O)Cc2ccccc2C)Cc2cc(F)c(F)cc21. The molecule has 0 unspecified atom stereocenters. The van der Waals surface area contributed by atoms with Crippen molar-refractivity contribution in [3.8, 4) is 0 Å². The summed E-state index contributed by atoms with van der Waals surface area (Å²) in [6, 6.07) is 9.97. The molecule has 0 saturated heterocycles. The number of carbonyl (C=O) groups excluding carboxylic acids is 2. The molecular formula is C26H33F2N3O2. The van der Waals surface area contributed by atoms with Gasteiger partial charge in [0.05, 0.1) is 12.1 Å². The molecule has 1 aliphatic heterocycles. The summed E-state index contributed by atoms with van der Waals surface area (Å²) in [6.45, 7) is 6.32. The van der Waals surface area contributed by atoms with Gasteiger partial charge in [-0.1, -0.05) is 31.2 Å². The van der Waals surface area contributed by atoms with Gasteiger partial charge in [-0.05, 0) is 62.7 Å². The number of aryl methyl sites for hydroxylation is 1. The fourth-order valence-electron chi connectivity index (χ4n) is 4.25. The average molecular weight is 458 g/mol. The highest BCUT2D eigenvalue weighted by Crippen LogP contribution is 2.27. The first-order chi connectivity index (χ1) is 15.8. The number of hydrogen-bond acceptors (Lipinski definition) is 3. The lowest BCUT2D eigenvalue weighted by molar-refractivity contribution is -0.131. The van der Waals surface area contributed by atoms with Crippen LogP contribution in [0, 0.1) is 18.6 Å². The molecule has 0 aromatic heterocycles. The Morgan fingerprint density at radius 2 is 1.61 bits per heavy atom. The summed E-state index contributed by atoms with van der Waals surface area (Å²) in [4.78, 5) is 31.5. The summed E-state index contributed by atoms with van der Waals surface area (Å²) >= 11 is 0. The van der Waals surface area contributed by atoms with E-state index in [2.05, 4.69) is 4.90 Å². The van der Waals surface area contributed by atoms with Crippen LogP contribution in [0.5, 0.6) is 0 Å². The molecule has 5 nitrogen and oxygen atoms in total. The summed E-state index contributed by atoms with van der Waals surface area (Å²) in [5.74, 6) is -2.20. The van der Waals surface area contributed by atoms with Gasteiger partial charge in [-0.25, -0.2) is 8.78 Å². The van der Waals surface area contributed by atoms with E-state index in [1.807, 2.05) is 38.2 Å². The van der Waals surface area contributed by atoms with Crippen molar-refractivity contribution in [2.24, 2.45) is 0 Å². The Hall–Kier alpha value is -2.80. The van der Waals surface area contributed by atoms with Crippen molar-refractivity contribution in [3.05, 3.63) is 64.7 Å². The fourth-order valence-corrected chi connectivity index (χ4v) is 4.25. The molecule has 2 amide bonds. The second-order valence-corrected chi connectivity index (χ2v) is 8.72. The molecule has 7 heteroatoms. The van der Waals surface area contributed by atoms with E-state index in [0.29, 0.717) is 24.3 Å². The standard InChI is InChI=1S/C26H33F2N3O2/c1-4-25(32)31-14-8-12-29(3)11-7-13-30(18-21-15-22(27)23(28)17-24(21)31)26(33)16-20-10-6-5-9-19(20)2/h5-6,9-10,15,17H,4,7-8,11-14,16,18H2,1-3H3. The highest BCUT2D eigenvalue weighted by molar-refractivity contribution is 5.94. The molecule has 3 rings (SSSR count). The van der Waals surface area contributed by atoms with Crippen LogP contribution in [0.2, 0.25) is 0 Å². The van der Waals surface area contributed by atoms with Crippen molar-refractivity contribution in [2.75, 3.05) is 38.1 Å². The predicted octanol–water partition coefficient (Wildman–Crippen LogP) is 4.31. The van der Waals surface area contributed by atoms with Crippen molar-refractivity contribution < 1.29 is 18.4 Å². The zero-order valence-corrected chi connectivity index (χ0v) is 19.7. The normalized spacial score (nSPS) is 16.0. The lowest BCUT2D eigenvalue weighted by Gasteiger charge is -2.31. The molecule has 0 aliphatic carbocycles. The van der Waals surface area contributed by atoms with Gasteiger partial charge >= 0.3 is 0 Å². The largest absolute Gasteiger partial charge is 0.338 e. The van der Waals surface area contributed by atoms with Gasteiger partial charge in [0.15, 0.2) is 11.6 Å². The highest BCUT2D eigenvalue weighted by atomic mass is 19.2. The van der Waals surface area contributed by atoms with Crippen LogP contribution in [0.1, 0.15) is 42.9 Å². The van der Waals surface area contributed by atoms with Gasteiger partial charge in [-0.2, -0.15) is 0 Å². The van der Waals surface area contributed by atoms with E-state index in [-0.39, 0.29) is 31.2 Å². The molecule has 1 heterocycles. The first kappa shape index (κ1) is 24.8. The van der Waals surface area contributed by atoms with Gasteiger partial charge in [0, 0.05) is 32.1 Å². The molecule has 0 radical (unpaired) electrons. The molecule has 33 heavy (non-hydrogen) atoms. The summed E-state index contributed by atoms with van der Waals surface area (Å²) in [7, 11) is 2.01. The van der Waals surface area contributed by atoms with Crippen molar-refractivity contribution in [1.29, 1.82) is 0 Å². The van der Waals surface area contributed by atoms with Gasteiger partial charge in [-0.3, -0.25) is 9.59 Å². The Balaban J connectivity index is 1.99. The zero-order chi connectivity index (χ0) is 24.0. The van der Waals surface area contributed by atoms with Gasteiger partial charge in [0.1, 0.15) is 0 Å². The van der Waals surface area contributed by atoms with Crippen LogP contribution >= 0.6 is 0 Å². The minimum Gasteiger partial charge on any atom is -0.338 e. The lowest BCUT2D eigenvalue weighted by atomic mass is 10.0. The summed E-state index contributed by atoms with van der Waals surface area (Å²) in [5, 5.41) is 0. The maximum absolute atomic E-state index is 14.3. The third-order valence-electron chi connectivity index (χ3n) is 6.22. The third-order valence-corrected chi connectivity index (χ3v) is 6.22. The number of anilines is 1. The number of benzene rings is 2. The monoisotopic (exact) mass is 457 g/mol. The smallest absolute Gasteiger partial charge is 0.227 e. The van der Waals surface area contributed by atoms with E-state index in [1.165, 1.54) is 4.90 Å². The van der Waals surface area contributed by atoms with Crippen molar-refractivity contribution >= 4 is 17.5 Å². The average Bonchev–Trinajstić information content (AvgIpc) is 2.78. The van der Waals surface area contributed by atoms with Crippen LogP contribution in [0.15, 0.2) is 36.4 Å². The predicted molar refractivity (Wildman–Crippen MR) is 126 cm³/mol. The van der Waals surface area contributed by atoms with E-state index in [9.17, 15) is 18.4 Å². The van der Waals surface area contributed by atoms with Gasteiger partial charge in [-0.15, -0.1) is 0 Å². The van der Waals surface area contributed by atoms with Gasteiger partial charge in [0.2, 0.25) is 11.8 Å². The van der Waals surface area contributed by atoms with Crippen molar-refractivity contribution in [1.82, 2.24) is 9.80 Å². The molecule has 0 N–H and O–H groups in total. The molecule has 2 aromatic carbocycles. The number of carbonyl (C=O) groups is 2. The van der Waals surface area contributed by atoms with Crippen LogP contribution in [0.3, 0.4) is 0 Å². The van der Waals surface area contributed by atoms with E-state index in [4.69, 9.17) is 0 Å². The topological polar surface area (TPSA) is 43.9 Å². The van der Waals surface area contributed by atoms with Crippen LogP contribution in [0.4, 0.5) is 14.5 Å². The van der Waals surface area contributed by atoms with Gasteiger partial charge in [0.25, 0.3) is 0 Å². The van der Waals surface area contributed by atoms with Crippen LogP contribution in [0.25, 0.3) is 0 Å². The Morgan fingerprint density at radius 1 is 0.939 bits per heavy atom. The summed E-state index contributed by atoms with van der Waals surface area (Å²) in [6.07, 6.45) is 1.98. The first-order valence-corrected chi connectivity index (χ1v) is 11.6. The minimum atomic E-state index is -0.996. The molecule has 0 spiro atoms. The first-order valence-electron chi connectivity index (χ1n) is 11.6. The van der Waals surface area contributed by atoms with Crippen molar-refractivity contribution in [3.63, 3.8) is 0 Å². The molecule has 178 valence electrons. The second kappa shape index (κ2) is 11.4. The van der Waals surface area contributed by atoms with Crippen LogP contribution in [-0.2, 0) is 22.6 Å². The third kappa shape index (κ3) is 6.38.